The summed E-state index contributed by atoms with van der Waals surface area (Å²) in [6.45, 7) is 3.78. The van der Waals surface area contributed by atoms with E-state index >= 15 is 0 Å². The molecule has 0 aliphatic carbocycles. The number of ether oxygens (including phenoxy) is 1. The molecular formula is C15H22N2O4S. The van der Waals surface area contributed by atoms with Gasteiger partial charge in [0.1, 0.15) is 5.75 Å². The highest BCUT2D eigenvalue weighted by atomic mass is 32.2. The van der Waals surface area contributed by atoms with Gasteiger partial charge in [-0.3, -0.25) is 9.10 Å². The molecule has 0 atom stereocenters. The second-order valence-corrected chi connectivity index (χ2v) is 7.21. The second-order valence-electron chi connectivity index (χ2n) is 5.30. The lowest BCUT2D eigenvalue weighted by molar-refractivity contribution is -0.132. The summed E-state index contributed by atoms with van der Waals surface area (Å²) in [6.07, 6.45) is 3.28. The van der Waals surface area contributed by atoms with Crippen LogP contribution < -0.4 is 9.04 Å². The summed E-state index contributed by atoms with van der Waals surface area (Å²) < 4.78 is 30.1. The molecule has 0 bridgehead atoms. The molecule has 1 aromatic rings. The van der Waals surface area contributed by atoms with Gasteiger partial charge in [-0.2, -0.15) is 0 Å². The van der Waals surface area contributed by atoms with Crippen molar-refractivity contribution in [2.24, 2.45) is 0 Å². The molecule has 0 aromatic heterocycles. The predicted molar refractivity (Wildman–Crippen MR) is 85.6 cm³/mol. The van der Waals surface area contributed by atoms with Crippen molar-refractivity contribution in [2.45, 2.75) is 19.8 Å². The summed E-state index contributed by atoms with van der Waals surface area (Å²) in [4.78, 5) is 13.7. The first-order valence-corrected chi connectivity index (χ1v) is 9.25. The van der Waals surface area contributed by atoms with Gasteiger partial charge in [-0.1, -0.05) is 0 Å². The van der Waals surface area contributed by atoms with E-state index in [0.717, 1.165) is 25.9 Å². The summed E-state index contributed by atoms with van der Waals surface area (Å²) in [6, 6.07) is 6.72. The zero-order chi connectivity index (χ0) is 16.2. The SMILES string of the molecule is CCN(c1ccc(OCC(=O)N2CCCC2)cc1)S(C)(=O)=O. The minimum Gasteiger partial charge on any atom is -0.484 e. The van der Waals surface area contributed by atoms with Gasteiger partial charge >= 0.3 is 0 Å². The Hall–Kier alpha value is -1.76. The van der Waals surface area contributed by atoms with E-state index in [0.29, 0.717) is 18.0 Å². The van der Waals surface area contributed by atoms with Gasteiger partial charge in [0.25, 0.3) is 5.91 Å². The van der Waals surface area contributed by atoms with Crippen LogP contribution in [0.2, 0.25) is 0 Å². The van der Waals surface area contributed by atoms with Gasteiger partial charge in [-0.15, -0.1) is 0 Å². The lowest BCUT2D eigenvalue weighted by Gasteiger charge is -2.20. The highest BCUT2D eigenvalue weighted by Gasteiger charge is 2.18. The maximum Gasteiger partial charge on any atom is 0.260 e. The first kappa shape index (κ1) is 16.6. The van der Waals surface area contributed by atoms with Crippen molar-refractivity contribution >= 4 is 21.6 Å². The summed E-state index contributed by atoms with van der Waals surface area (Å²) in [5.41, 5.74) is 0.586. The van der Waals surface area contributed by atoms with Crippen LogP contribution in [0.1, 0.15) is 19.8 Å². The molecule has 1 amide bonds. The molecule has 1 aliphatic rings. The number of nitrogens with zero attached hydrogens (tertiary/aromatic N) is 2. The third kappa shape index (κ3) is 4.13. The molecule has 1 aliphatic heterocycles. The van der Waals surface area contributed by atoms with E-state index in [4.69, 9.17) is 4.74 Å². The largest absolute Gasteiger partial charge is 0.484 e. The van der Waals surface area contributed by atoms with Gasteiger partial charge in [0.05, 0.1) is 11.9 Å². The predicted octanol–water partition coefficient (Wildman–Crippen LogP) is 1.47. The van der Waals surface area contributed by atoms with Gasteiger partial charge in [0, 0.05) is 19.6 Å². The Morgan fingerprint density at radius 3 is 2.32 bits per heavy atom. The van der Waals surface area contributed by atoms with E-state index in [-0.39, 0.29) is 12.5 Å². The molecule has 1 fully saturated rings. The van der Waals surface area contributed by atoms with Crippen LogP contribution >= 0.6 is 0 Å². The molecule has 7 heteroatoms. The Labute approximate surface area is 131 Å². The average molecular weight is 326 g/mol. The Bertz CT molecular complexity index is 607. The van der Waals surface area contributed by atoms with Crippen molar-refractivity contribution in [1.82, 2.24) is 4.90 Å². The quantitative estimate of drug-likeness (QED) is 0.794. The molecule has 0 unspecified atom stereocenters. The van der Waals surface area contributed by atoms with Crippen LogP contribution in [0.3, 0.4) is 0 Å². The molecule has 6 nitrogen and oxygen atoms in total. The number of amides is 1. The third-order valence-corrected chi connectivity index (χ3v) is 4.90. The Morgan fingerprint density at radius 2 is 1.82 bits per heavy atom. The lowest BCUT2D eigenvalue weighted by atomic mass is 10.3. The smallest absolute Gasteiger partial charge is 0.260 e. The van der Waals surface area contributed by atoms with E-state index in [1.54, 1.807) is 36.1 Å². The average Bonchev–Trinajstić information content (AvgIpc) is 2.99. The maximum atomic E-state index is 11.9. The highest BCUT2D eigenvalue weighted by Crippen LogP contribution is 2.21. The van der Waals surface area contributed by atoms with Crippen LogP contribution in [-0.2, 0) is 14.8 Å². The first-order valence-electron chi connectivity index (χ1n) is 7.40. The second kappa shape index (κ2) is 7.00. The monoisotopic (exact) mass is 326 g/mol. The Kier molecular flexibility index (Phi) is 5.28. The van der Waals surface area contributed by atoms with E-state index in [2.05, 4.69) is 0 Å². The van der Waals surface area contributed by atoms with Crippen LogP contribution in [0, 0.1) is 0 Å². The lowest BCUT2D eigenvalue weighted by Crippen LogP contribution is -2.32. The van der Waals surface area contributed by atoms with Crippen LogP contribution in [0.25, 0.3) is 0 Å². The van der Waals surface area contributed by atoms with Crippen molar-refractivity contribution in [3.05, 3.63) is 24.3 Å². The molecule has 1 heterocycles. The molecule has 2 rings (SSSR count). The van der Waals surface area contributed by atoms with Crippen LogP contribution in [0.4, 0.5) is 5.69 Å². The van der Waals surface area contributed by atoms with Crippen molar-refractivity contribution in [3.63, 3.8) is 0 Å². The fraction of sp³-hybridized carbons (Fsp3) is 0.533. The number of rotatable bonds is 6. The van der Waals surface area contributed by atoms with E-state index in [1.165, 1.54) is 10.6 Å². The normalized spacial score (nSPS) is 14.9. The topological polar surface area (TPSA) is 66.9 Å². The first-order chi connectivity index (χ1) is 10.4. The van der Waals surface area contributed by atoms with Crippen molar-refractivity contribution in [3.8, 4) is 5.75 Å². The number of carbonyl (C=O) groups is 1. The van der Waals surface area contributed by atoms with Gasteiger partial charge < -0.3 is 9.64 Å². The summed E-state index contributed by atoms with van der Waals surface area (Å²) in [7, 11) is -3.29. The zero-order valence-electron chi connectivity index (χ0n) is 13.0. The summed E-state index contributed by atoms with van der Waals surface area (Å²) >= 11 is 0. The van der Waals surface area contributed by atoms with Gasteiger partial charge in [0.15, 0.2) is 6.61 Å². The molecule has 122 valence electrons. The zero-order valence-corrected chi connectivity index (χ0v) is 13.8. The molecule has 0 spiro atoms. The standard InChI is InChI=1S/C15H22N2O4S/c1-3-17(22(2,19)20)13-6-8-14(9-7-13)21-12-15(18)16-10-4-5-11-16/h6-9H,3-5,10-12H2,1-2H3. The van der Waals surface area contributed by atoms with Crippen LogP contribution in [0.15, 0.2) is 24.3 Å². The number of hydrogen-bond donors (Lipinski definition) is 0. The summed E-state index contributed by atoms with van der Waals surface area (Å²) in [5, 5.41) is 0. The number of benzene rings is 1. The third-order valence-electron chi connectivity index (χ3n) is 3.63. The fourth-order valence-corrected chi connectivity index (χ4v) is 3.49. The van der Waals surface area contributed by atoms with E-state index in [1.807, 2.05) is 0 Å². The minimum atomic E-state index is -3.29. The molecule has 1 saturated heterocycles. The molecule has 22 heavy (non-hydrogen) atoms. The van der Waals surface area contributed by atoms with Gasteiger partial charge in [-0.05, 0) is 44.0 Å². The van der Waals surface area contributed by atoms with Crippen LogP contribution in [-0.4, -0.2) is 51.7 Å². The van der Waals surface area contributed by atoms with E-state index in [9.17, 15) is 13.2 Å². The number of carbonyl (C=O) groups excluding carboxylic acids is 1. The minimum absolute atomic E-state index is 0.00658. The van der Waals surface area contributed by atoms with Crippen molar-refractivity contribution < 1.29 is 17.9 Å². The van der Waals surface area contributed by atoms with Gasteiger partial charge in [-0.25, -0.2) is 8.42 Å². The Balaban J connectivity index is 1.95. The number of anilines is 1. The highest BCUT2D eigenvalue weighted by molar-refractivity contribution is 7.92. The van der Waals surface area contributed by atoms with Crippen molar-refractivity contribution in [2.75, 3.05) is 36.8 Å². The molecule has 0 saturated carbocycles. The number of hydrogen-bond acceptors (Lipinski definition) is 4. The van der Waals surface area contributed by atoms with Crippen molar-refractivity contribution in [1.29, 1.82) is 0 Å². The number of likely N-dealkylation sites (tertiary alicyclic amines) is 1. The Morgan fingerprint density at radius 1 is 1.23 bits per heavy atom. The fourth-order valence-electron chi connectivity index (χ4n) is 2.52. The molecular weight excluding hydrogens is 304 g/mol. The van der Waals surface area contributed by atoms with Gasteiger partial charge in [0.2, 0.25) is 10.0 Å². The number of sulfonamides is 1. The summed E-state index contributed by atoms with van der Waals surface area (Å²) in [5.74, 6) is 0.550. The van der Waals surface area contributed by atoms with Crippen LogP contribution in [0.5, 0.6) is 5.75 Å². The van der Waals surface area contributed by atoms with E-state index < -0.39 is 10.0 Å². The maximum absolute atomic E-state index is 11.9. The molecule has 0 radical (unpaired) electrons. The molecule has 1 aromatic carbocycles. The molecule has 0 N–H and O–H groups in total.